The van der Waals surface area contributed by atoms with E-state index < -0.39 is 0 Å². The van der Waals surface area contributed by atoms with Crippen LogP contribution in [0.5, 0.6) is 5.75 Å². The molecule has 5 nitrogen and oxygen atoms in total. The first-order chi connectivity index (χ1) is 13.4. The van der Waals surface area contributed by atoms with Gasteiger partial charge in [0.25, 0.3) is 5.22 Å². The van der Waals surface area contributed by atoms with Gasteiger partial charge in [0.05, 0.1) is 5.69 Å². The number of ether oxygens (including phenoxy) is 1. The fourth-order valence-electron chi connectivity index (χ4n) is 2.43. The van der Waals surface area contributed by atoms with Gasteiger partial charge in [0.2, 0.25) is 5.89 Å². The van der Waals surface area contributed by atoms with Crippen molar-refractivity contribution < 1.29 is 9.15 Å². The third-order valence-electron chi connectivity index (χ3n) is 3.83. The van der Waals surface area contributed by atoms with Crippen LogP contribution in [0.3, 0.4) is 0 Å². The number of benzene rings is 2. The van der Waals surface area contributed by atoms with Crippen LogP contribution in [0, 0.1) is 0 Å². The predicted octanol–water partition coefficient (Wildman–Crippen LogP) is 5.00. The van der Waals surface area contributed by atoms with Gasteiger partial charge in [-0.05, 0) is 42.0 Å². The van der Waals surface area contributed by atoms with E-state index in [4.69, 9.17) is 9.15 Å². The van der Waals surface area contributed by atoms with E-state index in [-0.39, 0.29) is 0 Å². The Labute approximate surface area is 161 Å². The molecule has 27 heavy (non-hydrogen) atoms. The van der Waals surface area contributed by atoms with Crippen molar-refractivity contribution in [1.29, 1.82) is 0 Å². The maximum Gasteiger partial charge on any atom is 0.277 e. The van der Waals surface area contributed by atoms with Crippen LogP contribution in [0.4, 0.5) is 0 Å². The van der Waals surface area contributed by atoms with E-state index >= 15 is 0 Å². The summed E-state index contributed by atoms with van der Waals surface area (Å²) >= 11 is 1.51. The lowest BCUT2D eigenvalue weighted by Crippen LogP contribution is -1.97. The number of aromatic nitrogens is 3. The van der Waals surface area contributed by atoms with E-state index in [1.54, 1.807) is 6.20 Å². The first kappa shape index (κ1) is 17.3. The minimum absolute atomic E-state index is 0.458. The van der Waals surface area contributed by atoms with Crippen molar-refractivity contribution in [3.63, 3.8) is 0 Å². The summed E-state index contributed by atoms with van der Waals surface area (Å²) in [4.78, 5) is 4.25. The zero-order chi connectivity index (χ0) is 18.3. The van der Waals surface area contributed by atoms with Crippen molar-refractivity contribution >= 4 is 11.8 Å². The standard InChI is InChI=1S/C21H17N3O2S/c1-2-6-17(7-3-1)20-23-24-21(26-20)27-15-16-9-11-19(12-10-16)25-14-18-8-4-5-13-22-18/h1-13H,14-15H2. The highest BCUT2D eigenvalue weighted by Gasteiger charge is 2.09. The van der Waals surface area contributed by atoms with Gasteiger partial charge in [-0.25, -0.2) is 0 Å². The van der Waals surface area contributed by atoms with Gasteiger partial charge < -0.3 is 9.15 Å². The molecule has 0 atom stereocenters. The summed E-state index contributed by atoms with van der Waals surface area (Å²) in [6.45, 7) is 0.458. The van der Waals surface area contributed by atoms with Gasteiger partial charge in [0.15, 0.2) is 0 Å². The summed E-state index contributed by atoms with van der Waals surface area (Å²) in [7, 11) is 0. The summed E-state index contributed by atoms with van der Waals surface area (Å²) in [5.74, 6) is 2.10. The maximum absolute atomic E-state index is 5.75. The van der Waals surface area contributed by atoms with Gasteiger partial charge in [-0.2, -0.15) is 0 Å². The van der Waals surface area contributed by atoms with Crippen LogP contribution >= 0.6 is 11.8 Å². The van der Waals surface area contributed by atoms with Crippen molar-refractivity contribution in [3.8, 4) is 17.2 Å². The fourth-order valence-corrected chi connectivity index (χ4v) is 3.15. The molecule has 0 amide bonds. The third-order valence-corrected chi connectivity index (χ3v) is 4.72. The molecule has 134 valence electrons. The van der Waals surface area contributed by atoms with Crippen molar-refractivity contribution in [1.82, 2.24) is 15.2 Å². The van der Waals surface area contributed by atoms with E-state index in [0.717, 1.165) is 28.3 Å². The Kier molecular flexibility index (Phi) is 5.45. The van der Waals surface area contributed by atoms with Crippen molar-refractivity contribution in [3.05, 3.63) is 90.3 Å². The number of rotatable bonds is 7. The summed E-state index contributed by atoms with van der Waals surface area (Å²) < 4.78 is 11.5. The molecule has 2 heterocycles. The molecule has 4 aromatic rings. The molecule has 0 bridgehead atoms. The minimum Gasteiger partial charge on any atom is -0.487 e. The van der Waals surface area contributed by atoms with E-state index in [1.165, 1.54) is 11.8 Å². The quantitative estimate of drug-likeness (QED) is 0.424. The van der Waals surface area contributed by atoms with Gasteiger partial charge in [0, 0.05) is 17.5 Å². The molecule has 2 aromatic heterocycles. The van der Waals surface area contributed by atoms with Gasteiger partial charge in [0.1, 0.15) is 12.4 Å². The number of nitrogens with zero attached hydrogens (tertiary/aromatic N) is 3. The SMILES string of the molecule is c1ccc(-c2nnc(SCc3ccc(OCc4ccccn4)cc3)o2)cc1. The molecule has 4 rings (SSSR count). The third kappa shape index (κ3) is 4.74. The summed E-state index contributed by atoms with van der Waals surface area (Å²) in [5, 5.41) is 8.76. The minimum atomic E-state index is 0.458. The van der Waals surface area contributed by atoms with Crippen molar-refractivity contribution in [2.24, 2.45) is 0 Å². The van der Waals surface area contributed by atoms with Crippen LogP contribution in [0.1, 0.15) is 11.3 Å². The first-order valence-electron chi connectivity index (χ1n) is 8.50. The molecule has 0 fully saturated rings. The molecule has 0 aliphatic rings. The Hall–Kier alpha value is -3.12. The molecular formula is C21H17N3O2S. The monoisotopic (exact) mass is 375 g/mol. The molecule has 0 spiro atoms. The highest BCUT2D eigenvalue weighted by molar-refractivity contribution is 7.98. The van der Waals surface area contributed by atoms with Gasteiger partial charge >= 0.3 is 0 Å². The Morgan fingerprint density at radius 2 is 1.67 bits per heavy atom. The number of thioether (sulfide) groups is 1. The first-order valence-corrected chi connectivity index (χ1v) is 9.49. The molecule has 0 aliphatic carbocycles. The lowest BCUT2D eigenvalue weighted by Gasteiger charge is -2.06. The van der Waals surface area contributed by atoms with Crippen LogP contribution in [-0.2, 0) is 12.4 Å². The smallest absolute Gasteiger partial charge is 0.277 e. The number of hydrogen-bond donors (Lipinski definition) is 0. The molecular weight excluding hydrogens is 358 g/mol. The summed E-state index contributed by atoms with van der Waals surface area (Å²) in [6, 6.07) is 23.5. The largest absolute Gasteiger partial charge is 0.487 e. The molecule has 0 saturated carbocycles. The Bertz CT molecular complexity index is 973. The average molecular weight is 375 g/mol. The number of pyridine rings is 1. The second-order valence-corrected chi connectivity index (χ2v) is 6.71. The zero-order valence-corrected chi connectivity index (χ0v) is 15.3. The number of hydrogen-bond acceptors (Lipinski definition) is 6. The van der Waals surface area contributed by atoms with Gasteiger partial charge in [-0.15, -0.1) is 10.2 Å². The zero-order valence-electron chi connectivity index (χ0n) is 14.5. The van der Waals surface area contributed by atoms with Crippen LogP contribution < -0.4 is 4.74 Å². The van der Waals surface area contributed by atoms with Crippen LogP contribution in [0.15, 0.2) is 88.6 Å². The van der Waals surface area contributed by atoms with E-state index in [1.807, 2.05) is 72.8 Å². The Morgan fingerprint density at radius 1 is 0.852 bits per heavy atom. The van der Waals surface area contributed by atoms with E-state index in [9.17, 15) is 0 Å². The fraction of sp³-hybridized carbons (Fsp3) is 0.0952. The maximum atomic E-state index is 5.75. The second-order valence-electron chi connectivity index (χ2n) is 5.78. The molecule has 0 radical (unpaired) electrons. The van der Waals surface area contributed by atoms with Crippen LogP contribution in [-0.4, -0.2) is 15.2 Å². The van der Waals surface area contributed by atoms with Gasteiger partial charge in [-0.3, -0.25) is 4.98 Å². The van der Waals surface area contributed by atoms with Crippen molar-refractivity contribution in [2.45, 2.75) is 17.6 Å². The summed E-state index contributed by atoms with van der Waals surface area (Å²) in [6.07, 6.45) is 1.76. The predicted molar refractivity (Wildman–Crippen MR) is 104 cm³/mol. The highest BCUT2D eigenvalue weighted by atomic mass is 32.2. The Balaban J connectivity index is 1.31. The normalized spacial score (nSPS) is 10.7. The second kappa shape index (κ2) is 8.51. The molecule has 0 aliphatic heterocycles. The molecule has 2 aromatic carbocycles. The lowest BCUT2D eigenvalue weighted by atomic mass is 10.2. The topological polar surface area (TPSA) is 61.0 Å². The lowest BCUT2D eigenvalue weighted by molar-refractivity contribution is 0.301. The molecule has 0 N–H and O–H groups in total. The Morgan fingerprint density at radius 3 is 2.44 bits per heavy atom. The molecule has 0 unspecified atom stereocenters. The molecule has 6 heteroatoms. The van der Waals surface area contributed by atoms with E-state index in [0.29, 0.717) is 17.7 Å². The van der Waals surface area contributed by atoms with Gasteiger partial charge in [-0.1, -0.05) is 48.2 Å². The average Bonchev–Trinajstić information content (AvgIpc) is 3.22. The van der Waals surface area contributed by atoms with Crippen molar-refractivity contribution in [2.75, 3.05) is 0 Å². The van der Waals surface area contributed by atoms with Crippen LogP contribution in [0.25, 0.3) is 11.5 Å². The van der Waals surface area contributed by atoms with Crippen LogP contribution in [0.2, 0.25) is 0 Å². The molecule has 0 saturated heterocycles. The highest BCUT2D eigenvalue weighted by Crippen LogP contribution is 2.26. The van der Waals surface area contributed by atoms with E-state index in [2.05, 4.69) is 15.2 Å². The summed E-state index contributed by atoms with van der Waals surface area (Å²) in [5.41, 5.74) is 2.98.